The maximum Gasteiger partial charge on any atom is 0.160 e. The first-order valence-electron chi connectivity index (χ1n) is 6.13. The van der Waals surface area contributed by atoms with Crippen molar-refractivity contribution < 1.29 is 9.53 Å². The maximum absolute atomic E-state index is 11.8. The lowest BCUT2D eigenvalue weighted by atomic mass is 10.00. The van der Waals surface area contributed by atoms with Crippen LogP contribution in [0.2, 0.25) is 0 Å². The first-order valence-corrected chi connectivity index (χ1v) is 6.13. The number of carbonyl (C=O) groups excluding carboxylic acids is 1. The third-order valence-corrected chi connectivity index (χ3v) is 2.89. The Balaban J connectivity index is 2.38. The molecule has 0 aliphatic rings. The summed E-state index contributed by atoms with van der Waals surface area (Å²) in [6.07, 6.45) is 1.90. The maximum atomic E-state index is 11.8. The van der Waals surface area contributed by atoms with E-state index in [1.807, 2.05) is 60.7 Å². The van der Waals surface area contributed by atoms with Gasteiger partial charge in [0, 0.05) is 5.57 Å². The zero-order valence-electron chi connectivity index (χ0n) is 11.1. The Kier molecular flexibility index (Phi) is 4.14. The normalized spacial score (nSPS) is 11.2. The van der Waals surface area contributed by atoms with Crippen molar-refractivity contribution >= 4 is 17.4 Å². The van der Waals surface area contributed by atoms with Crippen molar-refractivity contribution in [2.75, 3.05) is 7.11 Å². The van der Waals surface area contributed by atoms with Crippen LogP contribution >= 0.6 is 0 Å². The molecular formula is C17H16O2. The number of Topliss-reactive ketones (excluding diaryl/α,β-unsaturated/α-hetero) is 1. The highest BCUT2D eigenvalue weighted by atomic mass is 16.5. The van der Waals surface area contributed by atoms with Crippen molar-refractivity contribution in [2.45, 2.75) is 6.92 Å². The second kappa shape index (κ2) is 6.01. The van der Waals surface area contributed by atoms with Gasteiger partial charge in [-0.2, -0.15) is 0 Å². The number of allylic oxidation sites excluding steroid dienone is 1. The molecule has 0 spiro atoms. The van der Waals surface area contributed by atoms with E-state index in [1.54, 1.807) is 14.0 Å². The van der Waals surface area contributed by atoms with Gasteiger partial charge in [0.05, 0.1) is 7.11 Å². The van der Waals surface area contributed by atoms with Crippen molar-refractivity contribution in [2.24, 2.45) is 0 Å². The first kappa shape index (κ1) is 13.1. The molecule has 0 radical (unpaired) electrons. The summed E-state index contributed by atoms with van der Waals surface area (Å²) in [6.45, 7) is 1.59. The van der Waals surface area contributed by atoms with Gasteiger partial charge in [-0.15, -0.1) is 0 Å². The van der Waals surface area contributed by atoms with E-state index in [2.05, 4.69) is 0 Å². The summed E-state index contributed by atoms with van der Waals surface area (Å²) >= 11 is 0. The van der Waals surface area contributed by atoms with Crippen molar-refractivity contribution in [1.29, 1.82) is 0 Å². The topological polar surface area (TPSA) is 26.3 Å². The van der Waals surface area contributed by atoms with Gasteiger partial charge in [-0.1, -0.05) is 42.5 Å². The van der Waals surface area contributed by atoms with Crippen molar-refractivity contribution in [3.05, 3.63) is 65.7 Å². The van der Waals surface area contributed by atoms with Crippen LogP contribution < -0.4 is 4.74 Å². The van der Waals surface area contributed by atoms with Crippen molar-refractivity contribution in [3.63, 3.8) is 0 Å². The van der Waals surface area contributed by atoms with Gasteiger partial charge in [0.25, 0.3) is 0 Å². The van der Waals surface area contributed by atoms with E-state index in [1.165, 1.54) is 0 Å². The summed E-state index contributed by atoms with van der Waals surface area (Å²) in [4.78, 5) is 11.8. The third kappa shape index (κ3) is 3.32. The second-order valence-electron chi connectivity index (χ2n) is 4.25. The third-order valence-electron chi connectivity index (χ3n) is 2.89. The van der Waals surface area contributed by atoms with Gasteiger partial charge in [-0.05, 0) is 36.3 Å². The van der Waals surface area contributed by atoms with Crippen LogP contribution in [0.25, 0.3) is 11.6 Å². The molecule has 0 heterocycles. The van der Waals surface area contributed by atoms with Gasteiger partial charge >= 0.3 is 0 Å². The largest absolute Gasteiger partial charge is 0.497 e. The minimum atomic E-state index is 0.0574. The van der Waals surface area contributed by atoms with Gasteiger partial charge < -0.3 is 4.74 Å². The average molecular weight is 252 g/mol. The Morgan fingerprint density at radius 3 is 2.16 bits per heavy atom. The number of ketones is 1. The Morgan fingerprint density at radius 1 is 1.00 bits per heavy atom. The molecule has 2 rings (SSSR count). The van der Waals surface area contributed by atoms with E-state index in [-0.39, 0.29) is 5.78 Å². The Bertz CT molecular complexity index is 580. The monoisotopic (exact) mass is 252 g/mol. The predicted molar refractivity (Wildman–Crippen MR) is 78.0 cm³/mol. The number of benzene rings is 2. The van der Waals surface area contributed by atoms with Crippen LogP contribution in [0.1, 0.15) is 18.1 Å². The van der Waals surface area contributed by atoms with Gasteiger partial charge in [-0.3, -0.25) is 4.79 Å². The molecule has 96 valence electrons. The van der Waals surface area contributed by atoms with Crippen molar-refractivity contribution in [3.8, 4) is 5.75 Å². The molecule has 0 aliphatic heterocycles. The van der Waals surface area contributed by atoms with Gasteiger partial charge in [0.15, 0.2) is 5.78 Å². The number of carbonyl (C=O) groups is 1. The molecule has 0 aliphatic carbocycles. The van der Waals surface area contributed by atoms with Gasteiger partial charge in [-0.25, -0.2) is 0 Å². The van der Waals surface area contributed by atoms with Crippen LogP contribution in [0.4, 0.5) is 0 Å². The van der Waals surface area contributed by atoms with E-state index >= 15 is 0 Å². The van der Waals surface area contributed by atoms with Crippen LogP contribution in [0.5, 0.6) is 5.75 Å². The van der Waals surface area contributed by atoms with Crippen LogP contribution in [0.15, 0.2) is 54.6 Å². The lowest BCUT2D eigenvalue weighted by Gasteiger charge is -2.05. The SMILES string of the molecule is COc1ccc(C=C(C(C)=O)c2ccccc2)cc1. The smallest absolute Gasteiger partial charge is 0.160 e. The highest BCUT2D eigenvalue weighted by Gasteiger charge is 2.06. The summed E-state index contributed by atoms with van der Waals surface area (Å²) in [7, 11) is 1.63. The number of ether oxygens (including phenoxy) is 1. The molecule has 0 N–H and O–H groups in total. The second-order valence-corrected chi connectivity index (χ2v) is 4.25. The summed E-state index contributed by atoms with van der Waals surface area (Å²) in [5, 5.41) is 0. The Morgan fingerprint density at radius 2 is 1.63 bits per heavy atom. The summed E-state index contributed by atoms with van der Waals surface area (Å²) in [5.41, 5.74) is 2.63. The van der Waals surface area contributed by atoms with E-state index in [4.69, 9.17) is 4.74 Å². The number of hydrogen-bond donors (Lipinski definition) is 0. The van der Waals surface area contributed by atoms with Crippen molar-refractivity contribution in [1.82, 2.24) is 0 Å². The molecule has 0 fully saturated rings. The Hall–Kier alpha value is -2.35. The number of rotatable bonds is 4. The number of hydrogen-bond acceptors (Lipinski definition) is 2. The molecule has 2 aromatic carbocycles. The molecule has 0 amide bonds. The molecule has 0 saturated heterocycles. The minimum absolute atomic E-state index is 0.0574. The molecule has 2 nitrogen and oxygen atoms in total. The van der Waals surface area contributed by atoms with Gasteiger partial charge in [0.1, 0.15) is 5.75 Å². The lowest BCUT2D eigenvalue weighted by molar-refractivity contribution is -0.111. The fraction of sp³-hybridized carbons (Fsp3) is 0.118. The number of methoxy groups -OCH3 is 1. The standard InChI is InChI=1S/C17H16O2/c1-13(18)17(15-6-4-3-5-7-15)12-14-8-10-16(19-2)11-9-14/h3-12H,1-2H3. The van der Waals surface area contributed by atoms with E-state index < -0.39 is 0 Å². The molecule has 0 bridgehead atoms. The van der Waals surface area contributed by atoms with Gasteiger partial charge in [0.2, 0.25) is 0 Å². The van der Waals surface area contributed by atoms with E-state index in [9.17, 15) is 4.79 Å². The lowest BCUT2D eigenvalue weighted by Crippen LogP contribution is -1.95. The molecule has 0 aromatic heterocycles. The highest BCUT2D eigenvalue weighted by Crippen LogP contribution is 2.20. The van der Waals surface area contributed by atoms with Crippen LogP contribution in [0.3, 0.4) is 0 Å². The fourth-order valence-corrected chi connectivity index (χ4v) is 1.87. The first-order chi connectivity index (χ1) is 9.20. The zero-order chi connectivity index (χ0) is 13.7. The van der Waals surface area contributed by atoms with Crippen LogP contribution in [-0.4, -0.2) is 12.9 Å². The molecular weight excluding hydrogens is 236 g/mol. The average Bonchev–Trinajstić information content (AvgIpc) is 2.46. The zero-order valence-corrected chi connectivity index (χ0v) is 11.1. The highest BCUT2D eigenvalue weighted by molar-refractivity contribution is 6.24. The van der Waals surface area contributed by atoms with E-state index in [0.717, 1.165) is 16.9 Å². The fourth-order valence-electron chi connectivity index (χ4n) is 1.87. The summed E-state index contributed by atoms with van der Waals surface area (Å²) in [6, 6.07) is 17.3. The van der Waals surface area contributed by atoms with Crippen LogP contribution in [-0.2, 0) is 4.79 Å². The molecule has 2 heteroatoms. The molecule has 19 heavy (non-hydrogen) atoms. The summed E-state index contributed by atoms with van der Waals surface area (Å²) < 4.78 is 5.12. The van der Waals surface area contributed by atoms with Crippen LogP contribution in [0, 0.1) is 0 Å². The summed E-state index contributed by atoms with van der Waals surface area (Å²) in [5.74, 6) is 0.864. The van der Waals surface area contributed by atoms with E-state index in [0.29, 0.717) is 5.57 Å². The Labute approximate surface area is 113 Å². The molecule has 0 unspecified atom stereocenters. The molecule has 2 aromatic rings. The minimum Gasteiger partial charge on any atom is -0.497 e. The molecule has 0 saturated carbocycles. The quantitative estimate of drug-likeness (QED) is 0.610. The molecule has 0 atom stereocenters. The predicted octanol–water partition coefficient (Wildman–Crippen LogP) is 3.82.